The Morgan fingerprint density at radius 3 is 2.50 bits per heavy atom. The third-order valence-electron chi connectivity index (χ3n) is 4.57. The monoisotopic (exact) mass is 359 g/mol. The summed E-state index contributed by atoms with van der Waals surface area (Å²) in [6, 6.07) is 6.92. The van der Waals surface area contributed by atoms with Gasteiger partial charge < -0.3 is 5.32 Å². The average Bonchev–Trinajstić information content (AvgIpc) is 2.63. The molecule has 0 fully saturated rings. The van der Waals surface area contributed by atoms with Gasteiger partial charge in [-0.05, 0) is 18.6 Å². The van der Waals surface area contributed by atoms with Gasteiger partial charge in [0.2, 0.25) is 5.91 Å². The number of aryl methyl sites for hydroxylation is 1. The van der Waals surface area contributed by atoms with Gasteiger partial charge in [0.1, 0.15) is 0 Å². The number of nitrogens with zero attached hydrogens (tertiary/aromatic N) is 1. The van der Waals surface area contributed by atoms with E-state index in [-0.39, 0.29) is 18.9 Å². The lowest BCUT2D eigenvalue weighted by molar-refractivity contribution is -0.121. The molecule has 0 radical (unpaired) electrons. The number of carbonyl (C=O) groups excluding carboxylic acids is 1. The summed E-state index contributed by atoms with van der Waals surface area (Å²) in [5, 5.41) is 3.36. The standard InChI is InChI=1S/C20H29N3O3/c1-2-3-4-5-6-7-10-14-21-18(24)13-15-23-17-12-9-8-11-16(17)19(25)22-20(23)26/h8-9,11-12H,2-7,10,13-15H2,1H3,(H,21,24)(H,22,25,26). The zero-order valence-corrected chi connectivity index (χ0v) is 15.6. The quantitative estimate of drug-likeness (QED) is 0.605. The molecule has 0 unspecified atom stereocenters. The Labute approximate surface area is 153 Å². The molecule has 1 heterocycles. The van der Waals surface area contributed by atoms with E-state index in [0.717, 1.165) is 12.8 Å². The summed E-state index contributed by atoms with van der Waals surface area (Å²) in [5.41, 5.74) is -0.319. The minimum atomic E-state index is -0.478. The Balaban J connectivity index is 1.77. The van der Waals surface area contributed by atoms with Crippen molar-refractivity contribution in [1.82, 2.24) is 14.9 Å². The van der Waals surface area contributed by atoms with Crippen LogP contribution >= 0.6 is 0 Å². The smallest absolute Gasteiger partial charge is 0.328 e. The van der Waals surface area contributed by atoms with Crippen molar-refractivity contribution in [2.24, 2.45) is 0 Å². The molecule has 1 amide bonds. The molecule has 0 spiro atoms. The summed E-state index contributed by atoms with van der Waals surface area (Å²) < 4.78 is 1.45. The SMILES string of the molecule is CCCCCCCCCNC(=O)CCn1c(=O)[nH]c(=O)c2ccccc21. The van der Waals surface area contributed by atoms with Crippen molar-refractivity contribution in [2.45, 2.75) is 64.8 Å². The van der Waals surface area contributed by atoms with Crippen molar-refractivity contribution < 1.29 is 4.79 Å². The molecule has 2 aromatic rings. The van der Waals surface area contributed by atoms with E-state index >= 15 is 0 Å². The summed E-state index contributed by atoms with van der Waals surface area (Å²) in [4.78, 5) is 38.2. The molecular formula is C20H29N3O3. The van der Waals surface area contributed by atoms with Crippen LogP contribution in [0.3, 0.4) is 0 Å². The van der Waals surface area contributed by atoms with Crippen molar-refractivity contribution >= 4 is 16.8 Å². The van der Waals surface area contributed by atoms with E-state index < -0.39 is 11.2 Å². The Morgan fingerprint density at radius 2 is 1.73 bits per heavy atom. The number of fused-ring (bicyclic) bond motifs is 1. The normalized spacial score (nSPS) is 11.0. The highest BCUT2D eigenvalue weighted by Crippen LogP contribution is 2.08. The van der Waals surface area contributed by atoms with Gasteiger partial charge in [-0.2, -0.15) is 0 Å². The lowest BCUT2D eigenvalue weighted by Gasteiger charge is -2.09. The fourth-order valence-electron chi connectivity index (χ4n) is 3.08. The third-order valence-corrected chi connectivity index (χ3v) is 4.57. The Kier molecular flexibility index (Phi) is 8.12. The second-order valence-corrected chi connectivity index (χ2v) is 6.65. The lowest BCUT2D eigenvalue weighted by Crippen LogP contribution is -2.32. The van der Waals surface area contributed by atoms with Gasteiger partial charge in [-0.1, -0.05) is 57.6 Å². The number of para-hydroxylation sites is 1. The van der Waals surface area contributed by atoms with Gasteiger partial charge in [0.05, 0.1) is 10.9 Å². The van der Waals surface area contributed by atoms with Crippen LogP contribution in [0.2, 0.25) is 0 Å². The predicted molar refractivity (Wildman–Crippen MR) is 104 cm³/mol. The number of carbonyl (C=O) groups is 1. The zero-order chi connectivity index (χ0) is 18.8. The van der Waals surface area contributed by atoms with E-state index in [2.05, 4.69) is 17.2 Å². The van der Waals surface area contributed by atoms with Gasteiger partial charge >= 0.3 is 5.69 Å². The van der Waals surface area contributed by atoms with Crippen LogP contribution in [0.1, 0.15) is 58.3 Å². The van der Waals surface area contributed by atoms with Gasteiger partial charge in [0.15, 0.2) is 0 Å². The third kappa shape index (κ3) is 5.86. The molecule has 2 N–H and O–H groups in total. The number of benzene rings is 1. The molecule has 1 aromatic carbocycles. The van der Waals surface area contributed by atoms with Crippen LogP contribution in [-0.4, -0.2) is 22.0 Å². The van der Waals surface area contributed by atoms with Crippen LogP contribution < -0.4 is 16.6 Å². The molecule has 0 atom stereocenters. The van der Waals surface area contributed by atoms with E-state index in [1.54, 1.807) is 24.3 Å². The largest absolute Gasteiger partial charge is 0.356 e. The number of unbranched alkanes of at least 4 members (excludes halogenated alkanes) is 6. The fraction of sp³-hybridized carbons (Fsp3) is 0.550. The molecule has 142 valence electrons. The first kappa shape index (κ1) is 19.9. The Bertz CT molecular complexity index is 823. The molecule has 6 nitrogen and oxygen atoms in total. The summed E-state index contributed by atoms with van der Waals surface area (Å²) in [5.74, 6) is -0.0711. The van der Waals surface area contributed by atoms with Gasteiger partial charge in [-0.25, -0.2) is 4.79 Å². The summed E-state index contributed by atoms with van der Waals surface area (Å²) >= 11 is 0. The molecule has 6 heteroatoms. The number of hydrogen-bond acceptors (Lipinski definition) is 3. The highest BCUT2D eigenvalue weighted by molar-refractivity contribution is 5.78. The highest BCUT2D eigenvalue weighted by Gasteiger charge is 2.08. The Morgan fingerprint density at radius 1 is 1.04 bits per heavy atom. The summed E-state index contributed by atoms with van der Waals surface area (Å²) in [6.07, 6.45) is 8.67. The van der Waals surface area contributed by atoms with Crippen molar-refractivity contribution in [1.29, 1.82) is 0 Å². The van der Waals surface area contributed by atoms with Crippen LogP contribution in [0.25, 0.3) is 10.9 Å². The molecule has 0 saturated carbocycles. The lowest BCUT2D eigenvalue weighted by atomic mass is 10.1. The maximum absolute atomic E-state index is 12.0. The van der Waals surface area contributed by atoms with Crippen LogP contribution in [0.15, 0.2) is 33.9 Å². The average molecular weight is 359 g/mol. The van der Waals surface area contributed by atoms with Gasteiger partial charge in [-0.15, -0.1) is 0 Å². The minimum absolute atomic E-state index is 0.0711. The maximum Gasteiger partial charge on any atom is 0.328 e. The number of rotatable bonds is 11. The molecule has 0 saturated heterocycles. The van der Waals surface area contributed by atoms with E-state index in [4.69, 9.17) is 0 Å². The summed E-state index contributed by atoms with van der Waals surface area (Å²) in [7, 11) is 0. The van der Waals surface area contributed by atoms with Gasteiger partial charge in [-0.3, -0.25) is 19.1 Å². The molecule has 26 heavy (non-hydrogen) atoms. The van der Waals surface area contributed by atoms with Crippen molar-refractivity contribution in [3.05, 3.63) is 45.1 Å². The molecule has 2 rings (SSSR count). The molecular weight excluding hydrogens is 330 g/mol. The summed E-state index contributed by atoms with van der Waals surface area (Å²) in [6.45, 7) is 3.13. The first-order valence-electron chi connectivity index (χ1n) is 9.62. The number of amides is 1. The van der Waals surface area contributed by atoms with Crippen molar-refractivity contribution in [2.75, 3.05) is 6.54 Å². The van der Waals surface area contributed by atoms with Crippen LogP contribution in [0, 0.1) is 0 Å². The minimum Gasteiger partial charge on any atom is -0.356 e. The highest BCUT2D eigenvalue weighted by atomic mass is 16.2. The van der Waals surface area contributed by atoms with E-state index in [0.29, 0.717) is 17.4 Å². The maximum atomic E-state index is 12.0. The fourth-order valence-corrected chi connectivity index (χ4v) is 3.08. The van der Waals surface area contributed by atoms with E-state index in [1.807, 2.05) is 0 Å². The van der Waals surface area contributed by atoms with E-state index in [1.165, 1.54) is 36.7 Å². The number of hydrogen-bond donors (Lipinski definition) is 2. The second-order valence-electron chi connectivity index (χ2n) is 6.65. The number of aromatic nitrogens is 2. The Hall–Kier alpha value is -2.37. The first-order valence-corrected chi connectivity index (χ1v) is 9.62. The number of H-pyrrole nitrogens is 1. The first-order chi connectivity index (χ1) is 12.6. The topological polar surface area (TPSA) is 84.0 Å². The molecule has 0 bridgehead atoms. The number of aromatic amines is 1. The van der Waals surface area contributed by atoms with Gasteiger partial charge in [0.25, 0.3) is 5.56 Å². The van der Waals surface area contributed by atoms with Crippen molar-refractivity contribution in [3.63, 3.8) is 0 Å². The number of nitrogens with one attached hydrogen (secondary N) is 2. The molecule has 0 aliphatic rings. The van der Waals surface area contributed by atoms with Crippen LogP contribution in [0.5, 0.6) is 0 Å². The zero-order valence-electron chi connectivity index (χ0n) is 15.6. The predicted octanol–water partition coefficient (Wildman–Crippen LogP) is 2.95. The van der Waals surface area contributed by atoms with Gasteiger partial charge in [0, 0.05) is 19.5 Å². The second kappa shape index (κ2) is 10.6. The van der Waals surface area contributed by atoms with E-state index in [9.17, 15) is 14.4 Å². The van der Waals surface area contributed by atoms with Crippen molar-refractivity contribution in [3.8, 4) is 0 Å². The molecule has 1 aromatic heterocycles. The molecule has 0 aliphatic carbocycles. The van der Waals surface area contributed by atoms with Crippen LogP contribution in [-0.2, 0) is 11.3 Å². The van der Waals surface area contributed by atoms with Crippen LogP contribution in [0.4, 0.5) is 0 Å². The molecule has 0 aliphatic heterocycles.